The fourth-order valence-corrected chi connectivity index (χ4v) is 3.52. The summed E-state index contributed by atoms with van der Waals surface area (Å²) in [5.41, 5.74) is 2.42. The van der Waals surface area contributed by atoms with Gasteiger partial charge < -0.3 is 9.47 Å². The van der Waals surface area contributed by atoms with E-state index < -0.39 is 0 Å². The number of Topliss-reactive ketones (excluding diaryl/α,β-unsaturated/α-hetero) is 1. The molecule has 0 spiro atoms. The molecule has 1 fully saturated rings. The van der Waals surface area contributed by atoms with Crippen LogP contribution in [0, 0.1) is 11.8 Å². The molecule has 0 N–H and O–H groups in total. The number of carbonyl (C=O) groups is 1. The van der Waals surface area contributed by atoms with Crippen molar-refractivity contribution in [1.29, 1.82) is 0 Å². The van der Waals surface area contributed by atoms with Crippen molar-refractivity contribution in [2.24, 2.45) is 11.8 Å². The number of methoxy groups -OCH3 is 2. The van der Waals surface area contributed by atoms with Crippen LogP contribution in [-0.4, -0.2) is 20.0 Å². The van der Waals surface area contributed by atoms with Gasteiger partial charge in [-0.2, -0.15) is 0 Å². The minimum atomic E-state index is 0.154. The van der Waals surface area contributed by atoms with Crippen LogP contribution >= 0.6 is 0 Å². The third kappa shape index (κ3) is 3.78. The highest BCUT2D eigenvalue weighted by Gasteiger charge is 2.33. The molecule has 126 valence electrons. The van der Waals surface area contributed by atoms with Crippen LogP contribution in [0.25, 0.3) is 0 Å². The van der Waals surface area contributed by atoms with Gasteiger partial charge in [0, 0.05) is 11.8 Å². The van der Waals surface area contributed by atoms with Gasteiger partial charge in [-0.05, 0) is 61.1 Å². The summed E-state index contributed by atoms with van der Waals surface area (Å²) in [6.45, 7) is 0. The van der Waals surface area contributed by atoms with Crippen molar-refractivity contribution >= 4 is 5.78 Å². The maximum atomic E-state index is 12.7. The highest BCUT2D eigenvalue weighted by Crippen LogP contribution is 2.32. The van der Waals surface area contributed by atoms with Crippen LogP contribution in [0.2, 0.25) is 0 Å². The van der Waals surface area contributed by atoms with Crippen molar-refractivity contribution in [2.75, 3.05) is 14.2 Å². The molecule has 1 aliphatic carbocycles. The van der Waals surface area contributed by atoms with Crippen LogP contribution in [0.1, 0.15) is 24.0 Å². The maximum Gasteiger partial charge on any atom is 0.139 e. The number of carbonyl (C=O) groups excluding carboxylic acids is 1. The molecule has 2 aromatic rings. The predicted molar refractivity (Wildman–Crippen MR) is 94.6 cm³/mol. The second kappa shape index (κ2) is 7.52. The van der Waals surface area contributed by atoms with Gasteiger partial charge in [0.25, 0.3) is 0 Å². The van der Waals surface area contributed by atoms with Gasteiger partial charge in [0.05, 0.1) is 14.2 Å². The molecular formula is C21H24O3. The number of benzene rings is 2. The number of rotatable bonds is 6. The van der Waals surface area contributed by atoms with Crippen molar-refractivity contribution in [3.05, 3.63) is 59.7 Å². The molecule has 0 amide bonds. The Balaban J connectivity index is 1.59. The van der Waals surface area contributed by atoms with Gasteiger partial charge in [-0.3, -0.25) is 4.79 Å². The monoisotopic (exact) mass is 324 g/mol. The van der Waals surface area contributed by atoms with E-state index in [1.54, 1.807) is 14.2 Å². The fraction of sp³-hybridized carbons (Fsp3) is 0.381. The van der Waals surface area contributed by atoms with Gasteiger partial charge in [-0.25, -0.2) is 0 Å². The summed E-state index contributed by atoms with van der Waals surface area (Å²) in [7, 11) is 3.33. The topological polar surface area (TPSA) is 35.5 Å². The van der Waals surface area contributed by atoms with Crippen molar-refractivity contribution in [2.45, 2.75) is 25.7 Å². The molecule has 2 aromatic carbocycles. The SMILES string of the molecule is COc1ccc(CC2CCC(Cc3ccc(OC)cc3)C2=O)cc1. The summed E-state index contributed by atoms with van der Waals surface area (Å²) in [6, 6.07) is 16.1. The van der Waals surface area contributed by atoms with Gasteiger partial charge in [0.2, 0.25) is 0 Å². The Kier molecular flexibility index (Phi) is 5.19. The lowest BCUT2D eigenvalue weighted by Crippen LogP contribution is -2.17. The number of ether oxygens (including phenoxy) is 2. The van der Waals surface area contributed by atoms with Crippen LogP contribution in [0.15, 0.2) is 48.5 Å². The third-order valence-electron chi connectivity index (χ3n) is 4.95. The van der Waals surface area contributed by atoms with Crippen LogP contribution < -0.4 is 9.47 Å². The Morgan fingerprint density at radius 1 is 0.750 bits per heavy atom. The lowest BCUT2D eigenvalue weighted by Gasteiger charge is -2.12. The summed E-state index contributed by atoms with van der Waals surface area (Å²) < 4.78 is 10.4. The molecule has 3 nitrogen and oxygen atoms in total. The van der Waals surface area contributed by atoms with Gasteiger partial charge in [-0.1, -0.05) is 24.3 Å². The second-order valence-corrected chi connectivity index (χ2v) is 6.48. The van der Waals surface area contributed by atoms with E-state index in [0.29, 0.717) is 5.78 Å². The van der Waals surface area contributed by atoms with Gasteiger partial charge in [-0.15, -0.1) is 0 Å². The molecule has 3 heteroatoms. The summed E-state index contributed by atoms with van der Waals surface area (Å²) >= 11 is 0. The Labute approximate surface area is 143 Å². The van der Waals surface area contributed by atoms with Crippen molar-refractivity contribution < 1.29 is 14.3 Å². The number of ketones is 1. The highest BCUT2D eigenvalue weighted by atomic mass is 16.5. The lowest BCUT2D eigenvalue weighted by molar-refractivity contribution is -0.123. The van der Waals surface area contributed by atoms with E-state index in [9.17, 15) is 4.79 Å². The number of hydrogen-bond donors (Lipinski definition) is 0. The Morgan fingerprint density at radius 3 is 1.46 bits per heavy atom. The first kappa shape index (κ1) is 16.6. The largest absolute Gasteiger partial charge is 0.497 e. The third-order valence-corrected chi connectivity index (χ3v) is 4.95. The Morgan fingerprint density at radius 2 is 1.12 bits per heavy atom. The first-order valence-corrected chi connectivity index (χ1v) is 8.49. The van der Waals surface area contributed by atoms with Crippen molar-refractivity contribution in [3.63, 3.8) is 0 Å². The standard InChI is InChI=1S/C21H24O3/c1-23-19-9-3-15(4-10-19)13-17-7-8-18(21(17)22)14-16-5-11-20(24-2)12-6-16/h3-6,9-12,17-18H,7-8,13-14H2,1-2H3. The maximum absolute atomic E-state index is 12.7. The van der Waals surface area contributed by atoms with E-state index in [1.165, 1.54) is 11.1 Å². The molecule has 0 saturated heterocycles. The van der Waals surface area contributed by atoms with Crippen LogP contribution in [-0.2, 0) is 17.6 Å². The average Bonchev–Trinajstić information content (AvgIpc) is 2.96. The van der Waals surface area contributed by atoms with Gasteiger partial charge in [0.15, 0.2) is 0 Å². The summed E-state index contributed by atoms with van der Waals surface area (Å²) in [6.07, 6.45) is 3.65. The average molecular weight is 324 g/mol. The van der Waals surface area contributed by atoms with Gasteiger partial charge in [0.1, 0.15) is 17.3 Å². The molecule has 0 aromatic heterocycles. The molecule has 0 heterocycles. The van der Waals surface area contributed by atoms with Crippen LogP contribution in [0.4, 0.5) is 0 Å². The van der Waals surface area contributed by atoms with E-state index in [1.807, 2.05) is 24.3 Å². The quantitative estimate of drug-likeness (QED) is 0.803. The minimum absolute atomic E-state index is 0.154. The van der Waals surface area contributed by atoms with E-state index in [-0.39, 0.29) is 11.8 Å². The summed E-state index contributed by atoms with van der Waals surface area (Å²) in [4.78, 5) is 12.7. The van der Waals surface area contributed by atoms with Crippen molar-refractivity contribution in [3.8, 4) is 11.5 Å². The normalized spacial score (nSPS) is 20.2. The smallest absolute Gasteiger partial charge is 0.139 e. The first-order chi connectivity index (χ1) is 11.7. The molecule has 0 aliphatic heterocycles. The lowest BCUT2D eigenvalue weighted by atomic mass is 9.92. The van der Waals surface area contributed by atoms with E-state index in [4.69, 9.17) is 9.47 Å². The molecule has 1 aliphatic rings. The molecule has 3 rings (SSSR count). The van der Waals surface area contributed by atoms with Crippen LogP contribution in [0.5, 0.6) is 11.5 Å². The molecule has 0 radical (unpaired) electrons. The van der Waals surface area contributed by atoms with Crippen molar-refractivity contribution in [1.82, 2.24) is 0 Å². The highest BCUT2D eigenvalue weighted by molar-refractivity contribution is 5.86. The fourth-order valence-electron chi connectivity index (χ4n) is 3.52. The zero-order valence-electron chi connectivity index (χ0n) is 14.3. The van der Waals surface area contributed by atoms with E-state index in [2.05, 4.69) is 24.3 Å². The zero-order valence-corrected chi connectivity index (χ0v) is 14.3. The molecular weight excluding hydrogens is 300 g/mol. The molecule has 0 bridgehead atoms. The second-order valence-electron chi connectivity index (χ2n) is 6.48. The minimum Gasteiger partial charge on any atom is -0.497 e. The number of hydrogen-bond acceptors (Lipinski definition) is 3. The summed E-state index contributed by atoms with van der Waals surface area (Å²) in [5, 5.41) is 0. The summed E-state index contributed by atoms with van der Waals surface area (Å²) in [5.74, 6) is 2.44. The first-order valence-electron chi connectivity index (χ1n) is 8.49. The molecule has 2 unspecified atom stereocenters. The molecule has 2 atom stereocenters. The predicted octanol–water partition coefficient (Wildman–Crippen LogP) is 4.08. The zero-order chi connectivity index (χ0) is 16.9. The Hall–Kier alpha value is -2.29. The Bertz CT molecular complexity index is 614. The van der Waals surface area contributed by atoms with E-state index in [0.717, 1.165) is 37.2 Å². The van der Waals surface area contributed by atoms with E-state index >= 15 is 0 Å². The molecule has 24 heavy (non-hydrogen) atoms. The van der Waals surface area contributed by atoms with Crippen LogP contribution in [0.3, 0.4) is 0 Å². The van der Waals surface area contributed by atoms with Gasteiger partial charge >= 0.3 is 0 Å². The molecule has 1 saturated carbocycles.